The van der Waals surface area contributed by atoms with E-state index in [1.54, 1.807) is 12.4 Å². The number of nitriles is 1. The van der Waals surface area contributed by atoms with E-state index in [0.29, 0.717) is 12.1 Å². The first-order valence-electron chi connectivity index (χ1n) is 8.12. The maximum absolute atomic E-state index is 9.10. The van der Waals surface area contributed by atoms with Crippen LogP contribution in [-0.2, 0) is 13.1 Å². The van der Waals surface area contributed by atoms with E-state index in [1.165, 1.54) is 0 Å². The van der Waals surface area contributed by atoms with E-state index in [-0.39, 0.29) is 0 Å². The van der Waals surface area contributed by atoms with Gasteiger partial charge in [-0.05, 0) is 37.3 Å². The van der Waals surface area contributed by atoms with E-state index in [9.17, 15) is 0 Å². The van der Waals surface area contributed by atoms with Crippen LogP contribution in [0.15, 0.2) is 55.0 Å². The van der Waals surface area contributed by atoms with Crippen LogP contribution < -0.4 is 0 Å². The van der Waals surface area contributed by atoms with Crippen molar-refractivity contribution in [3.63, 3.8) is 0 Å². The van der Waals surface area contributed by atoms with Crippen LogP contribution in [0.25, 0.3) is 22.6 Å². The van der Waals surface area contributed by atoms with Crippen LogP contribution in [0.2, 0.25) is 0 Å². The van der Waals surface area contributed by atoms with Gasteiger partial charge in [-0.25, -0.2) is 9.97 Å². The molecule has 122 valence electrons. The number of nitrogens with zero attached hydrogens (tertiary/aromatic N) is 6. The number of hydrogen-bond donors (Lipinski definition) is 0. The summed E-state index contributed by atoms with van der Waals surface area (Å²) in [6, 6.07) is 13.6. The first kappa shape index (κ1) is 15.1. The van der Waals surface area contributed by atoms with Gasteiger partial charge in [0.1, 0.15) is 11.5 Å². The second-order valence-corrected chi connectivity index (χ2v) is 5.68. The fourth-order valence-electron chi connectivity index (χ4n) is 3.04. The lowest BCUT2D eigenvalue weighted by Gasteiger charge is -2.09. The number of fused-ring (bicyclic) bond motifs is 1. The van der Waals surface area contributed by atoms with Gasteiger partial charge in [-0.1, -0.05) is 6.07 Å². The van der Waals surface area contributed by atoms with Crippen molar-refractivity contribution < 1.29 is 0 Å². The van der Waals surface area contributed by atoms with Gasteiger partial charge in [-0.2, -0.15) is 5.26 Å². The summed E-state index contributed by atoms with van der Waals surface area (Å²) in [4.78, 5) is 13.6. The van der Waals surface area contributed by atoms with Gasteiger partial charge < -0.3 is 9.13 Å². The topological polar surface area (TPSA) is 72.3 Å². The van der Waals surface area contributed by atoms with Gasteiger partial charge in [0.05, 0.1) is 29.2 Å². The highest BCUT2D eigenvalue weighted by Crippen LogP contribution is 2.21. The highest BCUT2D eigenvalue weighted by molar-refractivity contribution is 5.77. The van der Waals surface area contributed by atoms with Crippen molar-refractivity contribution in [2.45, 2.75) is 20.0 Å². The molecule has 6 heteroatoms. The molecule has 0 aliphatic carbocycles. The van der Waals surface area contributed by atoms with Crippen LogP contribution >= 0.6 is 0 Å². The summed E-state index contributed by atoms with van der Waals surface area (Å²) in [5.41, 5.74) is 3.33. The lowest BCUT2D eigenvalue weighted by molar-refractivity contribution is 0.666. The second-order valence-electron chi connectivity index (χ2n) is 5.68. The van der Waals surface area contributed by atoms with Gasteiger partial charge in [0.25, 0.3) is 0 Å². The Morgan fingerprint density at radius 2 is 2.04 bits per heavy atom. The molecule has 0 atom stereocenters. The van der Waals surface area contributed by atoms with Crippen LogP contribution in [0, 0.1) is 11.3 Å². The van der Waals surface area contributed by atoms with Gasteiger partial charge in [-0.15, -0.1) is 0 Å². The minimum Gasteiger partial charge on any atom is -0.327 e. The van der Waals surface area contributed by atoms with Crippen molar-refractivity contribution in [3.8, 4) is 17.6 Å². The molecule has 3 aromatic heterocycles. The highest BCUT2D eigenvalue weighted by atomic mass is 15.1. The Bertz CT molecular complexity index is 1070. The number of imidazole rings is 2. The monoisotopic (exact) mass is 328 g/mol. The molecule has 1 aromatic carbocycles. The highest BCUT2D eigenvalue weighted by Gasteiger charge is 2.13. The fraction of sp³-hybridized carbons (Fsp3) is 0.158. The molecule has 25 heavy (non-hydrogen) atoms. The van der Waals surface area contributed by atoms with Crippen LogP contribution in [0.5, 0.6) is 0 Å². The average Bonchev–Trinajstić information content (AvgIpc) is 3.25. The fourth-order valence-corrected chi connectivity index (χ4v) is 3.04. The van der Waals surface area contributed by atoms with E-state index in [2.05, 4.69) is 27.5 Å². The molecule has 4 rings (SSSR count). The van der Waals surface area contributed by atoms with Crippen LogP contribution in [0.4, 0.5) is 0 Å². The van der Waals surface area contributed by atoms with Crippen molar-refractivity contribution in [2.24, 2.45) is 0 Å². The summed E-state index contributed by atoms with van der Waals surface area (Å²) in [5, 5.41) is 9.10. The Hall–Kier alpha value is -3.46. The zero-order valence-corrected chi connectivity index (χ0v) is 13.8. The summed E-state index contributed by atoms with van der Waals surface area (Å²) in [7, 11) is 0. The van der Waals surface area contributed by atoms with E-state index in [4.69, 9.17) is 10.2 Å². The van der Waals surface area contributed by atoms with E-state index in [0.717, 1.165) is 34.9 Å². The molecular weight excluding hydrogens is 312 g/mol. The molecule has 0 amide bonds. The third-order valence-corrected chi connectivity index (χ3v) is 4.19. The number of rotatable bonds is 4. The Balaban J connectivity index is 1.77. The van der Waals surface area contributed by atoms with E-state index < -0.39 is 0 Å². The lowest BCUT2D eigenvalue weighted by Crippen LogP contribution is -2.08. The number of aromatic nitrogens is 5. The molecule has 0 aliphatic heterocycles. The largest absolute Gasteiger partial charge is 0.327 e. The van der Waals surface area contributed by atoms with Crippen LogP contribution in [0.1, 0.15) is 18.3 Å². The Morgan fingerprint density at radius 3 is 2.80 bits per heavy atom. The van der Waals surface area contributed by atoms with Gasteiger partial charge in [0.2, 0.25) is 0 Å². The smallest absolute Gasteiger partial charge is 0.159 e. The van der Waals surface area contributed by atoms with Crippen molar-refractivity contribution in [2.75, 3.05) is 0 Å². The lowest BCUT2D eigenvalue weighted by atomic mass is 10.2. The van der Waals surface area contributed by atoms with Crippen molar-refractivity contribution >= 4 is 11.0 Å². The average molecular weight is 328 g/mol. The molecule has 0 saturated heterocycles. The molecule has 0 unspecified atom stereocenters. The van der Waals surface area contributed by atoms with Crippen molar-refractivity contribution in [3.05, 3.63) is 66.4 Å². The first-order chi connectivity index (χ1) is 12.3. The first-order valence-corrected chi connectivity index (χ1v) is 8.12. The molecule has 0 bridgehead atoms. The molecule has 0 fully saturated rings. The summed E-state index contributed by atoms with van der Waals surface area (Å²) in [6.45, 7) is 3.50. The maximum Gasteiger partial charge on any atom is 0.159 e. The molecule has 3 heterocycles. The number of pyridine rings is 1. The Morgan fingerprint density at radius 1 is 1.12 bits per heavy atom. The van der Waals surface area contributed by atoms with Crippen LogP contribution in [0.3, 0.4) is 0 Å². The zero-order valence-electron chi connectivity index (χ0n) is 13.8. The normalized spacial score (nSPS) is 10.9. The van der Waals surface area contributed by atoms with Crippen molar-refractivity contribution in [1.82, 2.24) is 24.1 Å². The standard InChI is InChI=1S/C19H16N6/c1-2-25-17-7-6-14(12-20)11-16(17)23-18(25)13-24-10-9-22-19(24)15-5-3-4-8-21-15/h3-11H,2,13H2,1H3. The summed E-state index contributed by atoms with van der Waals surface area (Å²) < 4.78 is 4.21. The van der Waals surface area contributed by atoms with E-state index in [1.807, 2.05) is 47.2 Å². The second kappa shape index (κ2) is 6.21. The molecule has 0 radical (unpaired) electrons. The van der Waals surface area contributed by atoms with Crippen LogP contribution in [-0.4, -0.2) is 24.1 Å². The molecule has 6 nitrogen and oxygen atoms in total. The summed E-state index contributed by atoms with van der Waals surface area (Å²) >= 11 is 0. The quantitative estimate of drug-likeness (QED) is 0.576. The van der Waals surface area contributed by atoms with E-state index >= 15 is 0 Å². The zero-order chi connectivity index (χ0) is 17.2. The van der Waals surface area contributed by atoms with Gasteiger partial charge in [0, 0.05) is 25.1 Å². The summed E-state index contributed by atoms with van der Waals surface area (Å²) in [5.74, 6) is 1.75. The minimum atomic E-state index is 0.594. The predicted molar refractivity (Wildman–Crippen MR) is 94.7 cm³/mol. The van der Waals surface area contributed by atoms with Crippen molar-refractivity contribution in [1.29, 1.82) is 5.26 Å². The molecule has 4 aromatic rings. The molecule has 0 aliphatic rings. The molecule has 0 spiro atoms. The molecular formula is C19H16N6. The summed E-state index contributed by atoms with van der Waals surface area (Å²) in [6.07, 6.45) is 5.47. The van der Waals surface area contributed by atoms with Gasteiger partial charge in [-0.3, -0.25) is 4.98 Å². The van der Waals surface area contributed by atoms with Gasteiger partial charge in [0.15, 0.2) is 5.82 Å². The molecule has 0 saturated carbocycles. The Kier molecular flexibility index (Phi) is 3.75. The number of hydrogen-bond acceptors (Lipinski definition) is 4. The third kappa shape index (κ3) is 2.66. The number of aryl methyl sites for hydroxylation is 1. The molecule has 0 N–H and O–H groups in total. The Labute approximate surface area is 145 Å². The maximum atomic E-state index is 9.10. The SMILES string of the molecule is CCn1c(Cn2ccnc2-c2ccccn2)nc2cc(C#N)ccc21. The predicted octanol–water partition coefficient (Wildman–Crippen LogP) is 3.23. The van der Waals surface area contributed by atoms with Gasteiger partial charge >= 0.3 is 0 Å². The minimum absolute atomic E-state index is 0.594. The third-order valence-electron chi connectivity index (χ3n) is 4.19. The number of benzene rings is 1.